The Bertz CT molecular complexity index is 263. The third kappa shape index (κ3) is 3.01. The molecule has 2 aliphatic rings. The first-order valence-corrected chi connectivity index (χ1v) is 7.29. The van der Waals surface area contributed by atoms with Crippen LogP contribution in [0.1, 0.15) is 58.8 Å². The highest BCUT2D eigenvalue weighted by molar-refractivity contribution is 5.84. The molecule has 2 unspecified atom stereocenters. The molecule has 3 nitrogen and oxygen atoms in total. The molecular formula is C14H26N2O. The lowest BCUT2D eigenvalue weighted by Gasteiger charge is -2.29. The first-order chi connectivity index (χ1) is 8.22. The van der Waals surface area contributed by atoms with Gasteiger partial charge in [0, 0.05) is 6.54 Å². The Morgan fingerprint density at radius 3 is 2.71 bits per heavy atom. The zero-order valence-electron chi connectivity index (χ0n) is 11.2. The molecule has 1 heterocycles. The molecule has 17 heavy (non-hydrogen) atoms. The van der Waals surface area contributed by atoms with E-state index in [-0.39, 0.29) is 12.2 Å². The summed E-state index contributed by atoms with van der Waals surface area (Å²) in [4.78, 5) is 14.3. The van der Waals surface area contributed by atoms with Crippen molar-refractivity contribution in [1.82, 2.24) is 10.2 Å². The van der Waals surface area contributed by atoms with Gasteiger partial charge in [-0.15, -0.1) is 0 Å². The number of hydrogen-bond donors (Lipinski definition) is 1. The molecule has 0 radical (unpaired) electrons. The fourth-order valence-electron chi connectivity index (χ4n) is 2.87. The maximum absolute atomic E-state index is 12.2. The van der Waals surface area contributed by atoms with Gasteiger partial charge in [0.2, 0.25) is 5.91 Å². The van der Waals surface area contributed by atoms with Crippen molar-refractivity contribution < 1.29 is 4.79 Å². The Hall–Kier alpha value is -0.570. The lowest BCUT2D eigenvalue weighted by Crippen LogP contribution is -2.36. The molecule has 0 spiro atoms. The van der Waals surface area contributed by atoms with E-state index >= 15 is 0 Å². The number of nitrogens with zero attached hydrogens (tertiary/aromatic N) is 1. The van der Waals surface area contributed by atoms with Gasteiger partial charge in [0.1, 0.15) is 0 Å². The second-order valence-electron chi connectivity index (χ2n) is 5.65. The maximum Gasteiger partial charge on any atom is 0.241 e. The van der Waals surface area contributed by atoms with Crippen LogP contribution in [0.4, 0.5) is 0 Å². The van der Waals surface area contributed by atoms with Crippen molar-refractivity contribution in [3.8, 4) is 0 Å². The SMILES string of the molecule is CCCCC1NC(C)N(CCC2CCC2)C1=O. The zero-order valence-corrected chi connectivity index (χ0v) is 11.2. The van der Waals surface area contributed by atoms with Crippen LogP contribution >= 0.6 is 0 Å². The molecule has 1 saturated heterocycles. The highest BCUT2D eigenvalue weighted by Crippen LogP contribution is 2.30. The van der Waals surface area contributed by atoms with Gasteiger partial charge in [-0.05, 0) is 25.7 Å². The molecule has 0 bridgehead atoms. The summed E-state index contributed by atoms with van der Waals surface area (Å²) in [7, 11) is 0. The molecular weight excluding hydrogens is 212 g/mol. The quantitative estimate of drug-likeness (QED) is 0.771. The van der Waals surface area contributed by atoms with E-state index in [9.17, 15) is 4.79 Å². The van der Waals surface area contributed by atoms with Gasteiger partial charge in [0.15, 0.2) is 0 Å². The van der Waals surface area contributed by atoms with Gasteiger partial charge in [-0.2, -0.15) is 0 Å². The number of unbranched alkanes of at least 4 members (excludes halogenated alkanes) is 1. The molecule has 2 atom stereocenters. The third-order valence-electron chi connectivity index (χ3n) is 4.34. The summed E-state index contributed by atoms with van der Waals surface area (Å²) in [5.41, 5.74) is 0. The van der Waals surface area contributed by atoms with Gasteiger partial charge in [-0.3, -0.25) is 10.1 Å². The molecule has 1 N–H and O–H groups in total. The summed E-state index contributed by atoms with van der Waals surface area (Å²) in [5, 5.41) is 3.42. The summed E-state index contributed by atoms with van der Waals surface area (Å²) in [6.07, 6.45) is 8.91. The molecule has 0 aromatic heterocycles. The minimum Gasteiger partial charge on any atom is -0.326 e. The van der Waals surface area contributed by atoms with E-state index in [0.29, 0.717) is 5.91 Å². The van der Waals surface area contributed by atoms with Crippen molar-refractivity contribution in [3.63, 3.8) is 0 Å². The number of rotatable bonds is 6. The molecule has 1 aliphatic heterocycles. The first kappa shape index (κ1) is 12.9. The van der Waals surface area contributed by atoms with E-state index in [1.165, 1.54) is 32.1 Å². The average molecular weight is 238 g/mol. The maximum atomic E-state index is 12.2. The first-order valence-electron chi connectivity index (χ1n) is 7.29. The fraction of sp³-hybridized carbons (Fsp3) is 0.929. The Balaban J connectivity index is 1.78. The Kier molecular flexibility index (Phi) is 4.43. The standard InChI is InChI=1S/C14H26N2O/c1-3-4-8-13-14(17)16(11(2)15-13)10-9-12-6-5-7-12/h11-13,15H,3-10H2,1-2H3. The molecule has 1 saturated carbocycles. The third-order valence-corrected chi connectivity index (χ3v) is 4.34. The monoisotopic (exact) mass is 238 g/mol. The predicted octanol–water partition coefficient (Wildman–Crippen LogP) is 2.51. The van der Waals surface area contributed by atoms with Crippen molar-refractivity contribution in [2.75, 3.05) is 6.54 Å². The second kappa shape index (κ2) is 5.85. The van der Waals surface area contributed by atoms with Crippen molar-refractivity contribution in [2.45, 2.75) is 71.0 Å². The van der Waals surface area contributed by atoms with Crippen LogP contribution < -0.4 is 5.32 Å². The average Bonchev–Trinajstić information content (AvgIpc) is 2.51. The highest BCUT2D eigenvalue weighted by Gasteiger charge is 2.35. The van der Waals surface area contributed by atoms with Crippen molar-refractivity contribution in [2.24, 2.45) is 5.92 Å². The van der Waals surface area contributed by atoms with Crippen LogP contribution in [0, 0.1) is 5.92 Å². The van der Waals surface area contributed by atoms with E-state index in [2.05, 4.69) is 24.1 Å². The molecule has 98 valence electrons. The molecule has 2 rings (SSSR count). The van der Waals surface area contributed by atoms with Crippen LogP contribution in [-0.4, -0.2) is 29.6 Å². The summed E-state index contributed by atoms with van der Waals surface area (Å²) in [6.45, 7) is 5.25. The van der Waals surface area contributed by atoms with Gasteiger partial charge in [-0.25, -0.2) is 0 Å². The van der Waals surface area contributed by atoms with Gasteiger partial charge < -0.3 is 4.90 Å². The van der Waals surface area contributed by atoms with Crippen LogP contribution in [0.5, 0.6) is 0 Å². The number of nitrogens with one attached hydrogen (secondary N) is 1. The number of amides is 1. The largest absolute Gasteiger partial charge is 0.326 e. The zero-order chi connectivity index (χ0) is 12.3. The van der Waals surface area contributed by atoms with Crippen molar-refractivity contribution in [1.29, 1.82) is 0 Å². The summed E-state index contributed by atoms with van der Waals surface area (Å²) < 4.78 is 0. The number of carbonyl (C=O) groups excluding carboxylic acids is 1. The smallest absolute Gasteiger partial charge is 0.241 e. The number of hydrogen-bond acceptors (Lipinski definition) is 2. The number of carbonyl (C=O) groups is 1. The molecule has 1 aliphatic carbocycles. The molecule has 0 aromatic carbocycles. The summed E-state index contributed by atoms with van der Waals surface area (Å²) in [5.74, 6) is 1.23. The predicted molar refractivity (Wildman–Crippen MR) is 69.6 cm³/mol. The second-order valence-corrected chi connectivity index (χ2v) is 5.65. The summed E-state index contributed by atoms with van der Waals surface area (Å²) in [6, 6.07) is 0.0892. The van der Waals surface area contributed by atoms with E-state index in [1.807, 2.05) is 0 Å². The Labute approximate surface area is 105 Å². The van der Waals surface area contributed by atoms with Crippen LogP contribution in [-0.2, 0) is 4.79 Å². The molecule has 1 amide bonds. The Morgan fingerprint density at radius 1 is 1.35 bits per heavy atom. The van der Waals surface area contributed by atoms with Gasteiger partial charge in [-0.1, -0.05) is 39.0 Å². The topological polar surface area (TPSA) is 32.3 Å². The lowest BCUT2D eigenvalue weighted by atomic mass is 9.83. The van der Waals surface area contributed by atoms with Crippen molar-refractivity contribution in [3.05, 3.63) is 0 Å². The fourth-order valence-corrected chi connectivity index (χ4v) is 2.87. The van der Waals surface area contributed by atoms with Gasteiger partial charge >= 0.3 is 0 Å². The Morgan fingerprint density at radius 2 is 2.12 bits per heavy atom. The van der Waals surface area contributed by atoms with Crippen LogP contribution in [0.2, 0.25) is 0 Å². The minimum absolute atomic E-state index is 0.0892. The molecule has 3 heteroatoms. The van der Waals surface area contributed by atoms with E-state index < -0.39 is 0 Å². The normalized spacial score (nSPS) is 29.8. The van der Waals surface area contributed by atoms with Crippen molar-refractivity contribution >= 4 is 5.91 Å². The van der Waals surface area contributed by atoms with Gasteiger partial charge in [0.05, 0.1) is 12.2 Å². The highest BCUT2D eigenvalue weighted by atomic mass is 16.2. The van der Waals surface area contributed by atoms with E-state index in [4.69, 9.17) is 0 Å². The molecule has 2 fully saturated rings. The molecule has 0 aromatic rings. The van der Waals surface area contributed by atoms with Gasteiger partial charge in [0.25, 0.3) is 0 Å². The van der Waals surface area contributed by atoms with E-state index in [1.54, 1.807) is 0 Å². The van der Waals surface area contributed by atoms with Crippen LogP contribution in [0.3, 0.4) is 0 Å². The van der Waals surface area contributed by atoms with Crippen LogP contribution in [0.25, 0.3) is 0 Å². The van der Waals surface area contributed by atoms with Crippen LogP contribution in [0.15, 0.2) is 0 Å². The minimum atomic E-state index is 0.0892. The van der Waals surface area contributed by atoms with E-state index in [0.717, 1.165) is 25.3 Å². The lowest BCUT2D eigenvalue weighted by molar-refractivity contribution is -0.130. The summed E-state index contributed by atoms with van der Waals surface area (Å²) >= 11 is 0.